The summed E-state index contributed by atoms with van der Waals surface area (Å²) in [6.07, 6.45) is 2.36. The van der Waals surface area contributed by atoms with Gasteiger partial charge in [0.25, 0.3) is 0 Å². The molecule has 0 atom stereocenters. The zero-order valence-corrected chi connectivity index (χ0v) is 11.5. The van der Waals surface area contributed by atoms with E-state index in [0.29, 0.717) is 30.4 Å². The summed E-state index contributed by atoms with van der Waals surface area (Å²) in [5.74, 6) is -7.99. The van der Waals surface area contributed by atoms with E-state index in [2.05, 4.69) is 9.47 Å². The molecule has 23 heavy (non-hydrogen) atoms. The Morgan fingerprint density at radius 2 is 1.13 bits per heavy atom. The number of esters is 4. The lowest BCUT2D eigenvalue weighted by atomic mass is 10.3. The zero-order valence-electron chi connectivity index (χ0n) is 11.5. The predicted octanol–water partition coefficient (Wildman–Crippen LogP) is -0.646. The van der Waals surface area contributed by atoms with Crippen LogP contribution in [-0.4, -0.2) is 46.0 Å². The van der Waals surface area contributed by atoms with Crippen LogP contribution in [0.25, 0.3) is 0 Å². The summed E-state index contributed by atoms with van der Waals surface area (Å²) in [7, 11) is 0. The molecule has 10 nitrogen and oxygen atoms in total. The number of carbonyl (C=O) groups is 6. The maximum absolute atomic E-state index is 11.4. The van der Waals surface area contributed by atoms with Crippen LogP contribution in [0.1, 0.15) is 6.92 Å². The molecule has 10 heteroatoms. The van der Waals surface area contributed by atoms with Crippen LogP contribution in [0, 0.1) is 0 Å². The molecule has 2 N–H and O–H groups in total. The third kappa shape index (κ3) is 9.90. The fraction of sp³-hybridized carbons (Fsp3) is 0.0769. The van der Waals surface area contributed by atoms with E-state index in [0.717, 1.165) is 6.92 Å². The lowest BCUT2D eigenvalue weighted by molar-refractivity contribution is -0.156. The largest absolute Gasteiger partial charge is 0.478 e. The summed E-state index contributed by atoms with van der Waals surface area (Å²) in [4.78, 5) is 64.9. The van der Waals surface area contributed by atoms with E-state index in [-0.39, 0.29) is 0 Å². The number of hydrogen-bond acceptors (Lipinski definition) is 8. The smallest absolute Gasteiger partial charge is 0.341 e. The van der Waals surface area contributed by atoms with Gasteiger partial charge in [-0.25, -0.2) is 28.8 Å². The Morgan fingerprint density at radius 1 is 0.696 bits per heavy atom. The molecule has 0 radical (unpaired) electrons. The molecule has 0 spiro atoms. The molecule has 0 aromatic heterocycles. The molecule has 0 bridgehead atoms. The van der Waals surface area contributed by atoms with Crippen LogP contribution in [0.3, 0.4) is 0 Å². The van der Waals surface area contributed by atoms with Crippen molar-refractivity contribution in [2.75, 3.05) is 0 Å². The maximum atomic E-state index is 11.4. The summed E-state index contributed by atoms with van der Waals surface area (Å²) in [5, 5.41) is 16.5. The summed E-state index contributed by atoms with van der Waals surface area (Å²) in [5.41, 5.74) is -0.415. The van der Waals surface area contributed by atoms with E-state index in [1.807, 2.05) is 0 Å². The molecule has 0 unspecified atom stereocenters. The summed E-state index contributed by atoms with van der Waals surface area (Å²) >= 11 is 0. The highest BCUT2D eigenvalue weighted by Crippen LogP contribution is 1.99. The third-order valence-electron chi connectivity index (χ3n) is 1.77. The van der Waals surface area contributed by atoms with Gasteiger partial charge in [0.05, 0.1) is 0 Å². The predicted molar refractivity (Wildman–Crippen MR) is 69.5 cm³/mol. The molecule has 0 aromatic rings. The molecule has 0 aliphatic carbocycles. The minimum Gasteiger partial charge on any atom is -0.478 e. The first-order chi connectivity index (χ1) is 10.6. The van der Waals surface area contributed by atoms with E-state index in [9.17, 15) is 28.8 Å². The van der Waals surface area contributed by atoms with Gasteiger partial charge in [-0.3, -0.25) is 0 Å². The van der Waals surface area contributed by atoms with Gasteiger partial charge in [-0.05, 0) is 6.92 Å². The highest BCUT2D eigenvalue weighted by atomic mass is 16.6. The van der Waals surface area contributed by atoms with Gasteiger partial charge < -0.3 is 19.7 Å². The van der Waals surface area contributed by atoms with E-state index < -0.39 is 41.4 Å². The average molecular weight is 326 g/mol. The number of ether oxygens (including phenoxy) is 2. The van der Waals surface area contributed by atoms with Gasteiger partial charge in [0.1, 0.15) is 0 Å². The second-order valence-electron chi connectivity index (χ2n) is 3.62. The Morgan fingerprint density at radius 3 is 1.57 bits per heavy atom. The fourth-order valence-electron chi connectivity index (χ4n) is 0.883. The molecular weight excluding hydrogens is 316 g/mol. The number of hydrogen-bond donors (Lipinski definition) is 2. The Balaban J connectivity index is 4.63. The maximum Gasteiger partial charge on any atom is 0.341 e. The van der Waals surface area contributed by atoms with Gasteiger partial charge in [-0.2, -0.15) is 0 Å². The highest BCUT2D eigenvalue weighted by molar-refractivity contribution is 6.05. The van der Waals surface area contributed by atoms with Crippen molar-refractivity contribution in [2.24, 2.45) is 0 Å². The number of aliphatic carboxylic acids is 2. The van der Waals surface area contributed by atoms with Gasteiger partial charge in [-0.15, -0.1) is 0 Å². The number of carboxylic acids is 2. The van der Waals surface area contributed by atoms with Crippen molar-refractivity contribution < 1.29 is 48.5 Å². The van der Waals surface area contributed by atoms with Gasteiger partial charge >= 0.3 is 35.8 Å². The summed E-state index contributed by atoms with van der Waals surface area (Å²) in [6, 6.07) is 0. The Labute approximate surface area is 128 Å². The minimum atomic E-state index is -1.43. The molecule has 0 saturated heterocycles. The van der Waals surface area contributed by atoms with Crippen LogP contribution < -0.4 is 0 Å². The first-order valence-corrected chi connectivity index (χ1v) is 5.64. The van der Waals surface area contributed by atoms with Crippen LogP contribution >= 0.6 is 0 Å². The highest BCUT2D eigenvalue weighted by Gasteiger charge is 2.14. The zero-order chi connectivity index (χ0) is 18.0. The van der Waals surface area contributed by atoms with Crippen molar-refractivity contribution in [3.8, 4) is 0 Å². The van der Waals surface area contributed by atoms with Crippen LogP contribution in [0.4, 0.5) is 0 Å². The molecule has 0 heterocycles. The molecule has 0 aliphatic rings. The summed E-state index contributed by atoms with van der Waals surface area (Å²) in [6.45, 7) is 1.06. The SMILES string of the molecule is C/C(=C/C(=O)OC(=O)/C=C\C(=O)O)C(=O)OC(=O)/C=C\C(=O)O. The number of carbonyl (C=O) groups excluding carboxylic acids is 4. The monoisotopic (exact) mass is 326 g/mol. The normalized spacial score (nSPS) is 11.3. The first-order valence-electron chi connectivity index (χ1n) is 5.64. The fourth-order valence-corrected chi connectivity index (χ4v) is 0.883. The molecule has 0 aliphatic heterocycles. The van der Waals surface area contributed by atoms with Crippen molar-refractivity contribution in [3.05, 3.63) is 36.0 Å². The van der Waals surface area contributed by atoms with Gasteiger partial charge in [0.15, 0.2) is 0 Å². The van der Waals surface area contributed by atoms with Crippen LogP contribution in [0.15, 0.2) is 36.0 Å². The van der Waals surface area contributed by atoms with Crippen molar-refractivity contribution in [1.29, 1.82) is 0 Å². The summed E-state index contributed by atoms with van der Waals surface area (Å²) < 4.78 is 8.28. The lowest BCUT2D eigenvalue weighted by Crippen LogP contribution is -2.14. The van der Waals surface area contributed by atoms with Gasteiger partial charge in [0.2, 0.25) is 0 Å². The van der Waals surface area contributed by atoms with E-state index in [1.165, 1.54) is 0 Å². The molecule has 0 aromatic carbocycles. The Bertz CT molecular complexity index is 635. The molecule has 0 saturated carbocycles. The molecule has 0 rings (SSSR count). The minimum absolute atomic E-state index is 0.415. The van der Waals surface area contributed by atoms with E-state index in [1.54, 1.807) is 0 Å². The van der Waals surface area contributed by atoms with Crippen LogP contribution in [-0.2, 0) is 38.2 Å². The first kappa shape index (κ1) is 19.4. The van der Waals surface area contributed by atoms with Gasteiger partial charge in [0, 0.05) is 36.0 Å². The Kier molecular flexibility index (Phi) is 7.94. The standard InChI is InChI=1S/C13H10O10/c1-7(13(21)23-11(19)5-3-9(16)17)6-12(20)22-10(18)4-2-8(14)15/h2-6H,1H3,(H,14,15)(H,16,17)/b4-2-,5-3-,7-6-. The topological polar surface area (TPSA) is 161 Å². The van der Waals surface area contributed by atoms with Crippen LogP contribution in [0.5, 0.6) is 0 Å². The molecule has 0 fully saturated rings. The third-order valence-corrected chi connectivity index (χ3v) is 1.77. The average Bonchev–Trinajstić information content (AvgIpc) is 2.42. The number of carboxylic acid groups (broad SMARTS) is 2. The van der Waals surface area contributed by atoms with E-state index >= 15 is 0 Å². The van der Waals surface area contributed by atoms with Crippen molar-refractivity contribution in [2.45, 2.75) is 6.92 Å². The van der Waals surface area contributed by atoms with Crippen molar-refractivity contribution >= 4 is 35.8 Å². The van der Waals surface area contributed by atoms with Gasteiger partial charge in [-0.1, -0.05) is 0 Å². The second kappa shape index (κ2) is 9.39. The molecule has 0 amide bonds. The van der Waals surface area contributed by atoms with Crippen LogP contribution in [0.2, 0.25) is 0 Å². The lowest BCUT2D eigenvalue weighted by Gasteiger charge is -2.00. The Hall–Kier alpha value is -3.56. The van der Waals surface area contributed by atoms with E-state index in [4.69, 9.17) is 10.2 Å². The molecular formula is C13H10O10. The number of rotatable bonds is 6. The van der Waals surface area contributed by atoms with Crippen molar-refractivity contribution in [1.82, 2.24) is 0 Å². The second-order valence-corrected chi connectivity index (χ2v) is 3.62. The van der Waals surface area contributed by atoms with Crippen molar-refractivity contribution in [3.63, 3.8) is 0 Å². The quantitative estimate of drug-likeness (QED) is 0.364. The molecule has 122 valence electrons.